The van der Waals surface area contributed by atoms with E-state index in [1.807, 2.05) is 17.0 Å². The summed E-state index contributed by atoms with van der Waals surface area (Å²) in [5.74, 6) is 0.520. The minimum Gasteiger partial charge on any atom is -0.311 e. The molecule has 1 atom stereocenters. The minimum absolute atomic E-state index is 0.226. The summed E-state index contributed by atoms with van der Waals surface area (Å²) in [4.78, 5) is 16.6. The summed E-state index contributed by atoms with van der Waals surface area (Å²) < 4.78 is 0. The molecule has 0 bridgehead atoms. The molecule has 1 unspecified atom stereocenters. The first kappa shape index (κ1) is 13.4. The molecule has 3 nitrogen and oxygen atoms in total. The van der Waals surface area contributed by atoms with E-state index in [2.05, 4.69) is 29.7 Å². The number of anilines is 1. The molecule has 1 amide bonds. The fourth-order valence-corrected chi connectivity index (χ4v) is 3.22. The van der Waals surface area contributed by atoms with Crippen LogP contribution in [0.25, 0.3) is 0 Å². The van der Waals surface area contributed by atoms with Gasteiger partial charge in [-0.3, -0.25) is 9.69 Å². The van der Waals surface area contributed by atoms with Crippen molar-refractivity contribution in [1.29, 1.82) is 0 Å². The van der Waals surface area contributed by atoms with E-state index < -0.39 is 0 Å². The summed E-state index contributed by atoms with van der Waals surface area (Å²) in [5, 5.41) is 0. The summed E-state index contributed by atoms with van der Waals surface area (Å²) in [6.45, 7) is 7.91. The van der Waals surface area contributed by atoms with Gasteiger partial charge in [0.25, 0.3) is 0 Å². The average Bonchev–Trinajstić information content (AvgIpc) is 3.09. The van der Waals surface area contributed by atoms with Crippen molar-refractivity contribution < 1.29 is 4.79 Å². The van der Waals surface area contributed by atoms with Gasteiger partial charge in [-0.15, -0.1) is 6.58 Å². The Bertz CT molecular complexity index is 505. The van der Waals surface area contributed by atoms with E-state index >= 15 is 0 Å². The van der Waals surface area contributed by atoms with Gasteiger partial charge in [0, 0.05) is 31.1 Å². The topological polar surface area (TPSA) is 23.6 Å². The first-order chi connectivity index (χ1) is 9.78. The molecule has 2 saturated heterocycles. The number of amides is 1. The maximum Gasteiger partial charge on any atom is 0.227 e. The molecule has 0 aromatic heterocycles. The van der Waals surface area contributed by atoms with Crippen LogP contribution in [0, 0.1) is 5.92 Å². The van der Waals surface area contributed by atoms with Gasteiger partial charge in [0.15, 0.2) is 0 Å². The van der Waals surface area contributed by atoms with E-state index in [9.17, 15) is 4.79 Å². The van der Waals surface area contributed by atoms with Crippen molar-refractivity contribution in [3.8, 4) is 0 Å². The lowest BCUT2D eigenvalue weighted by Crippen LogP contribution is -2.27. The van der Waals surface area contributed by atoms with Gasteiger partial charge in [-0.1, -0.05) is 24.3 Å². The van der Waals surface area contributed by atoms with Crippen molar-refractivity contribution in [2.75, 3.05) is 24.5 Å². The lowest BCUT2D eigenvalue weighted by Gasteiger charge is -2.23. The standard InChI is InChI=1S/C17H22N2O/c1-2-14-11-17(20)19(12-14)16-8-4-3-7-15(16)13-18-9-5-6-10-18/h2-4,7-8,14H,1,5-6,9-13H2. The highest BCUT2D eigenvalue weighted by atomic mass is 16.2. The molecule has 0 aliphatic carbocycles. The van der Waals surface area contributed by atoms with E-state index in [1.165, 1.54) is 31.5 Å². The van der Waals surface area contributed by atoms with Crippen molar-refractivity contribution in [2.24, 2.45) is 5.92 Å². The number of carbonyl (C=O) groups excluding carboxylic acids is 1. The van der Waals surface area contributed by atoms with Gasteiger partial charge in [-0.05, 0) is 37.6 Å². The zero-order chi connectivity index (χ0) is 13.9. The Morgan fingerprint density at radius 1 is 1.25 bits per heavy atom. The van der Waals surface area contributed by atoms with Gasteiger partial charge in [0.1, 0.15) is 0 Å². The van der Waals surface area contributed by atoms with Crippen LogP contribution in [0.1, 0.15) is 24.8 Å². The van der Waals surface area contributed by atoms with E-state index in [1.54, 1.807) is 0 Å². The number of nitrogens with zero attached hydrogens (tertiary/aromatic N) is 2. The van der Waals surface area contributed by atoms with E-state index in [0.717, 1.165) is 18.8 Å². The second-order valence-electron chi connectivity index (χ2n) is 5.82. The quantitative estimate of drug-likeness (QED) is 0.785. The largest absolute Gasteiger partial charge is 0.311 e. The normalized spacial score (nSPS) is 23.5. The van der Waals surface area contributed by atoms with E-state index in [0.29, 0.717) is 12.3 Å². The molecule has 20 heavy (non-hydrogen) atoms. The van der Waals surface area contributed by atoms with Gasteiger partial charge in [0.2, 0.25) is 5.91 Å². The highest BCUT2D eigenvalue weighted by Crippen LogP contribution is 2.29. The Morgan fingerprint density at radius 3 is 2.70 bits per heavy atom. The minimum atomic E-state index is 0.226. The Balaban J connectivity index is 1.82. The van der Waals surface area contributed by atoms with Gasteiger partial charge in [0.05, 0.1) is 0 Å². The van der Waals surface area contributed by atoms with Crippen LogP contribution in [0.2, 0.25) is 0 Å². The van der Waals surface area contributed by atoms with Crippen molar-refractivity contribution in [1.82, 2.24) is 4.90 Å². The van der Waals surface area contributed by atoms with Crippen molar-refractivity contribution in [2.45, 2.75) is 25.8 Å². The van der Waals surface area contributed by atoms with E-state index in [4.69, 9.17) is 0 Å². The number of para-hydroxylation sites is 1. The maximum absolute atomic E-state index is 12.2. The molecule has 3 heteroatoms. The van der Waals surface area contributed by atoms with Crippen LogP contribution >= 0.6 is 0 Å². The lowest BCUT2D eigenvalue weighted by molar-refractivity contribution is -0.117. The summed E-state index contributed by atoms with van der Waals surface area (Å²) in [7, 11) is 0. The number of rotatable bonds is 4. The second kappa shape index (κ2) is 5.80. The number of benzene rings is 1. The molecule has 0 N–H and O–H groups in total. The Hall–Kier alpha value is -1.61. The molecular formula is C17H22N2O. The van der Waals surface area contributed by atoms with Gasteiger partial charge >= 0.3 is 0 Å². The van der Waals surface area contributed by atoms with Crippen molar-refractivity contribution >= 4 is 11.6 Å². The van der Waals surface area contributed by atoms with Crippen LogP contribution in [0.4, 0.5) is 5.69 Å². The molecular weight excluding hydrogens is 248 g/mol. The third-order valence-corrected chi connectivity index (χ3v) is 4.36. The van der Waals surface area contributed by atoms with Crippen LogP contribution in [-0.4, -0.2) is 30.4 Å². The number of hydrogen-bond donors (Lipinski definition) is 0. The number of carbonyl (C=O) groups is 1. The Kier molecular flexibility index (Phi) is 3.88. The Morgan fingerprint density at radius 2 is 2.00 bits per heavy atom. The first-order valence-corrected chi connectivity index (χ1v) is 7.51. The molecule has 2 aliphatic heterocycles. The van der Waals surface area contributed by atoms with E-state index in [-0.39, 0.29) is 5.91 Å². The van der Waals surface area contributed by atoms with Gasteiger partial charge < -0.3 is 4.90 Å². The van der Waals surface area contributed by atoms with Crippen LogP contribution in [-0.2, 0) is 11.3 Å². The highest BCUT2D eigenvalue weighted by Gasteiger charge is 2.30. The third kappa shape index (κ3) is 2.63. The molecule has 1 aromatic rings. The maximum atomic E-state index is 12.2. The first-order valence-electron chi connectivity index (χ1n) is 7.51. The molecule has 2 aliphatic rings. The smallest absolute Gasteiger partial charge is 0.227 e. The zero-order valence-corrected chi connectivity index (χ0v) is 11.9. The average molecular weight is 270 g/mol. The third-order valence-electron chi connectivity index (χ3n) is 4.36. The molecule has 3 rings (SSSR count). The monoisotopic (exact) mass is 270 g/mol. The molecule has 0 radical (unpaired) electrons. The Labute approximate surface area is 120 Å². The predicted octanol–water partition coefficient (Wildman–Crippen LogP) is 2.82. The SMILES string of the molecule is C=CC1CC(=O)N(c2ccccc2CN2CCCC2)C1. The van der Waals surface area contributed by atoms with Gasteiger partial charge in [-0.25, -0.2) is 0 Å². The van der Waals surface area contributed by atoms with Crippen LogP contribution < -0.4 is 4.90 Å². The molecule has 2 fully saturated rings. The molecule has 0 saturated carbocycles. The summed E-state index contributed by atoms with van der Waals surface area (Å²) in [6, 6.07) is 8.33. The number of hydrogen-bond acceptors (Lipinski definition) is 2. The van der Waals surface area contributed by atoms with Crippen LogP contribution in [0.5, 0.6) is 0 Å². The fourth-order valence-electron chi connectivity index (χ4n) is 3.22. The highest BCUT2D eigenvalue weighted by molar-refractivity contribution is 5.96. The van der Waals surface area contributed by atoms with Crippen molar-refractivity contribution in [3.05, 3.63) is 42.5 Å². The number of likely N-dealkylation sites (tertiary alicyclic amines) is 1. The zero-order valence-electron chi connectivity index (χ0n) is 11.9. The predicted molar refractivity (Wildman–Crippen MR) is 81.6 cm³/mol. The molecule has 1 aromatic carbocycles. The molecule has 106 valence electrons. The summed E-state index contributed by atoms with van der Waals surface area (Å²) in [5.41, 5.74) is 2.36. The lowest BCUT2D eigenvalue weighted by atomic mass is 10.1. The molecule has 0 spiro atoms. The van der Waals surface area contributed by atoms with Crippen molar-refractivity contribution in [3.63, 3.8) is 0 Å². The molecule has 2 heterocycles. The van der Waals surface area contributed by atoms with Crippen LogP contribution in [0.15, 0.2) is 36.9 Å². The summed E-state index contributed by atoms with van der Waals surface area (Å²) in [6.07, 6.45) is 5.09. The summed E-state index contributed by atoms with van der Waals surface area (Å²) >= 11 is 0. The van der Waals surface area contributed by atoms with Crippen LogP contribution in [0.3, 0.4) is 0 Å². The fraction of sp³-hybridized carbons (Fsp3) is 0.471. The second-order valence-corrected chi connectivity index (χ2v) is 5.82. The van der Waals surface area contributed by atoms with Gasteiger partial charge in [-0.2, -0.15) is 0 Å².